The quantitative estimate of drug-likeness (QED) is 0.851. The highest BCUT2D eigenvalue weighted by molar-refractivity contribution is 9.10. The van der Waals surface area contributed by atoms with Gasteiger partial charge in [-0.1, -0.05) is 18.0 Å². The zero-order valence-electron chi connectivity index (χ0n) is 10.5. The van der Waals surface area contributed by atoms with Crippen molar-refractivity contribution in [2.24, 2.45) is 17.8 Å². The number of halogens is 2. The number of nitrogens with zero attached hydrogens (tertiary/aromatic N) is 1. The summed E-state index contributed by atoms with van der Waals surface area (Å²) in [6, 6.07) is 1.71. The Balaban J connectivity index is 1.61. The molecule has 2 bridgehead atoms. The average Bonchev–Trinajstić information content (AvgIpc) is 3.01. The SMILES string of the molecule is O=C(NCC1CC2CCC1C2)c1cc(Br)cnc1Cl. The Morgan fingerprint density at radius 1 is 1.47 bits per heavy atom. The number of hydrogen-bond acceptors (Lipinski definition) is 2. The first kappa shape index (κ1) is 13.4. The molecule has 19 heavy (non-hydrogen) atoms. The molecule has 0 spiro atoms. The molecule has 102 valence electrons. The molecule has 2 fully saturated rings. The van der Waals surface area contributed by atoms with Crippen LogP contribution in [0.2, 0.25) is 5.15 Å². The summed E-state index contributed by atoms with van der Waals surface area (Å²) in [5.74, 6) is 2.26. The molecule has 1 aromatic heterocycles. The normalized spacial score (nSPS) is 28.6. The van der Waals surface area contributed by atoms with Crippen molar-refractivity contribution >= 4 is 33.4 Å². The van der Waals surface area contributed by atoms with E-state index < -0.39 is 0 Å². The first-order valence-electron chi connectivity index (χ1n) is 6.72. The molecule has 3 unspecified atom stereocenters. The number of carbonyl (C=O) groups excluding carboxylic acids is 1. The van der Waals surface area contributed by atoms with E-state index >= 15 is 0 Å². The van der Waals surface area contributed by atoms with E-state index in [0.29, 0.717) is 11.5 Å². The van der Waals surface area contributed by atoms with Crippen molar-refractivity contribution in [2.75, 3.05) is 6.54 Å². The van der Waals surface area contributed by atoms with E-state index in [1.165, 1.54) is 25.7 Å². The summed E-state index contributed by atoms with van der Waals surface area (Å²) in [6.45, 7) is 0.767. The van der Waals surface area contributed by atoms with Crippen LogP contribution in [0.25, 0.3) is 0 Å². The molecule has 1 N–H and O–H groups in total. The van der Waals surface area contributed by atoms with Gasteiger partial charge < -0.3 is 5.32 Å². The summed E-state index contributed by atoms with van der Waals surface area (Å²) in [5, 5.41) is 3.27. The van der Waals surface area contributed by atoms with Gasteiger partial charge in [0, 0.05) is 17.2 Å². The van der Waals surface area contributed by atoms with Crippen molar-refractivity contribution < 1.29 is 4.79 Å². The second kappa shape index (κ2) is 5.41. The Labute approximate surface area is 126 Å². The average molecular weight is 344 g/mol. The lowest BCUT2D eigenvalue weighted by Gasteiger charge is -2.21. The van der Waals surface area contributed by atoms with Crippen LogP contribution in [-0.4, -0.2) is 17.4 Å². The van der Waals surface area contributed by atoms with Gasteiger partial charge in [-0.05, 0) is 59.0 Å². The van der Waals surface area contributed by atoms with Gasteiger partial charge in [0.25, 0.3) is 5.91 Å². The molecule has 2 saturated carbocycles. The fraction of sp³-hybridized carbons (Fsp3) is 0.571. The van der Waals surface area contributed by atoms with Gasteiger partial charge in [-0.3, -0.25) is 4.79 Å². The highest BCUT2D eigenvalue weighted by Crippen LogP contribution is 2.47. The predicted molar refractivity (Wildman–Crippen MR) is 78.2 cm³/mol. The number of aromatic nitrogens is 1. The number of carbonyl (C=O) groups is 1. The molecule has 0 aliphatic heterocycles. The van der Waals surface area contributed by atoms with Crippen LogP contribution in [0.15, 0.2) is 16.7 Å². The molecule has 1 heterocycles. The summed E-state index contributed by atoms with van der Waals surface area (Å²) in [5.41, 5.74) is 0.444. The third kappa shape index (κ3) is 2.79. The summed E-state index contributed by atoms with van der Waals surface area (Å²) in [6.07, 6.45) is 6.95. The number of pyridine rings is 1. The van der Waals surface area contributed by atoms with Gasteiger partial charge in [-0.15, -0.1) is 0 Å². The van der Waals surface area contributed by atoms with Gasteiger partial charge in [0.05, 0.1) is 5.56 Å². The second-order valence-corrected chi connectivity index (χ2v) is 6.91. The van der Waals surface area contributed by atoms with Crippen LogP contribution < -0.4 is 5.32 Å². The molecule has 1 aromatic rings. The highest BCUT2D eigenvalue weighted by Gasteiger charge is 2.39. The maximum absolute atomic E-state index is 12.1. The first-order valence-corrected chi connectivity index (χ1v) is 7.90. The van der Waals surface area contributed by atoms with E-state index in [4.69, 9.17) is 11.6 Å². The fourth-order valence-electron chi connectivity index (χ4n) is 3.53. The number of rotatable bonds is 3. The first-order chi connectivity index (χ1) is 9.13. The topological polar surface area (TPSA) is 42.0 Å². The highest BCUT2D eigenvalue weighted by atomic mass is 79.9. The Hall–Kier alpha value is -0.610. The van der Waals surface area contributed by atoms with Gasteiger partial charge in [-0.2, -0.15) is 0 Å². The molecular weight excluding hydrogens is 328 g/mol. The van der Waals surface area contributed by atoms with Crippen molar-refractivity contribution in [3.05, 3.63) is 27.5 Å². The van der Waals surface area contributed by atoms with Crippen molar-refractivity contribution in [3.63, 3.8) is 0 Å². The van der Waals surface area contributed by atoms with Crippen LogP contribution in [0.1, 0.15) is 36.0 Å². The number of hydrogen-bond donors (Lipinski definition) is 1. The second-order valence-electron chi connectivity index (χ2n) is 5.64. The van der Waals surface area contributed by atoms with Gasteiger partial charge >= 0.3 is 0 Å². The van der Waals surface area contributed by atoms with Crippen LogP contribution >= 0.6 is 27.5 Å². The van der Waals surface area contributed by atoms with E-state index in [1.54, 1.807) is 12.3 Å². The standard InChI is InChI=1S/C14H16BrClN2O/c15-11-5-12(13(16)17-7-11)14(19)18-6-10-4-8-1-2-9(10)3-8/h5,7-10H,1-4,6H2,(H,18,19). The van der Waals surface area contributed by atoms with E-state index in [0.717, 1.165) is 22.9 Å². The lowest BCUT2D eigenvalue weighted by Crippen LogP contribution is -2.31. The Morgan fingerprint density at radius 3 is 3.00 bits per heavy atom. The van der Waals surface area contributed by atoms with E-state index in [9.17, 15) is 4.79 Å². The van der Waals surface area contributed by atoms with Crippen molar-refractivity contribution in [2.45, 2.75) is 25.7 Å². The van der Waals surface area contributed by atoms with Gasteiger partial charge in [-0.25, -0.2) is 4.98 Å². The van der Waals surface area contributed by atoms with Crippen LogP contribution in [-0.2, 0) is 0 Å². The maximum atomic E-state index is 12.1. The van der Waals surface area contributed by atoms with Crippen molar-refractivity contribution in [3.8, 4) is 0 Å². The minimum Gasteiger partial charge on any atom is -0.352 e. The minimum atomic E-state index is -0.124. The summed E-state index contributed by atoms with van der Waals surface area (Å²) in [4.78, 5) is 16.1. The Morgan fingerprint density at radius 2 is 2.32 bits per heavy atom. The van der Waals surface area contributed by atoms with E-state index in [1.807, 2.05) is 0 Å². The maximum Gasteiger partial charge on any atom is 0.254 e. The van der Waals surface area contributed by atoms with Crippen LogP contribution in [0.5, 0.6) is 0 Å². The number of nitrogens with one attached hydrogen (secondary N) is 1. The van der Waals surface area contributed by atoms with Gasteiger partial charge in [0.2, 0.25) is 0 Å². The lowest BCUT2D eigenvalue weighted by atomic mass is 9.89. The van der Waals surface area contributed by atoms with Crippen molar-refractivity contribution in [1.82, 2.24) is 10.3 Å². The molecule has 5 heteroatoms. The van der Waals surface area contributed by atoms with Crippen LogP contribution in [0.3, 0.4) is 0 Å². The monoisotopic (exact) mass is 342 g/mol. The van der Waals surface area contributed by atoms with Gasteiger partial charge in [0.15, 0.2) is 0 Å². The lowest BCUT2D eigenvalue weighted by molar-refractivity contribution is 0.0941. The fourth-order valence-corrected chi connectivity index (χ4v) is 4.05. The van der Waals surface area contributed by atoms with Crippen molar-refractivity contribution in [1.29, 1.82) is 0 Å². The molecule has 2 aliphatic carbocycles. The molecule has 2 aliphatic rings. The summed E-state index contributed by atoms with van der Waals surface area (Å²) < 4.78 is 0.766. The van der Waals surface area contributed by atoms with Crippen LogP contribution in [0.4, 0.5) is 0 Å². The predicted octanol–water partition coefficient (Wildman–Crippen LogP) is 3.66. The molecule has 3 atom stereocenters. The smallest absolute Gasteiger partial charge is 0.254 e. The molecule has 0 aromatic carbocycles. The summed E-state index contributed by atoms with van der Waals surface area (Å²) >= 11 is 9.26. The Kier molecular flexibility index (Phi) is 3.81. The molecule has 0 radical (unpaired) electrons. The molecule has 3 nitrogen and oxygen atoms in total. The largest absolute Gasteiger partial charge is 0.352 e. The van der Waals surface area contributed by atoms with Gasteiger partial charge in [0.1, 0.15) is 5.15 Å². The van der Waals surface area contributed by atoms with E-state index in [-0.39, 0.29) is 11.1 Å². The molecular formula is C14H16BrClN2O. The minimum absolute atomic E-state index is 0.124. The number of amides is 1. The zero-order chi connectivity index (χ0) is 13.4. The zero-order valence-corrected chi connectivity index (χ0v) is 12.9. The molecule has 3 rings (SSSR count). The third-order valence-electron chi connectivity index (χ3n) is 4.46. The van der Waals surface area contributed by atoms with Crippen LogP contribution in [0, 0.1) is 17.8 Å². The molecule has 0 saturated heterocycles. The number of fused-ring (bicyclic) bond motifs is 2. The Bertz CT molecular complexity index is 508. The third-order valence-corrected chi connectivity index (χ3v) is 5.19. The summed E-state index contributed by atoms with van der Waals surface area (Å²) in [7, 11) is 0. The van der Waals surface area contributed by atoms with E-state index in [2.05, 4.69) is 26.2 Å². The molecule has 1 amide bonds.